The minimum atomic E-state index is -0.210. The molecule has 2 aliphatic heterocycles. The van der Waals surface area contributed by atoms with E-state index in [1.807, 2.05) is 0 Å². The number of hydrogen-bond acceptors (Lipinski definition) is 5. The second kappa shape index (κ2) is 4.68. The number of rotatable bonds is 2. The van der Waals surface area contributed by atoms with Crippen molar-refractivity contribution in [1.82, 2.24) is 9.88 Å². The number of carbonyl (C=O) groups is 1. The Kier molecular flexibility index (Phi) is 2.86. The summed E-state index contributed by atoms with van der Waals surface area (Å²) >= 11 is 0. The monoisotopic (exact) mass is 259 g/mol. The fraction of sp³-hybridized carbons (Fsp3) is 0.333. The summed E-state index contributed by atoms with van der Waals surface area (Å²) in [5.41, 5.74) is 0.663. The van der Waals surface area contributed by atoms with Crippen molar-refractivity contribution < 1.29 is 4.79 Å². The smallest absolute Gasteiger partial charge is 0.274 e. The largest absolute Gasteiger partial charge is 0.359 e. The molecule has 2 N–H and O–H groups in total. The third-order valence-electron chi connectivity index (χ3n) is 3.10. The van der Waals surface area contributed by atoms with Gasteiger partial charge < -0.3 is 15.2 Å². The molecule has 0 aliphatic carbocycles. The zero-order valence-electron chi connectivity index (χ0n) is 10.2. The maximum atomic E-state index is 12.3. The molecule has 3 heterocycles. The molecule has 0 saturated heterocycles. The van der Waals surface area contributed by atoms with Gasteiger partial charge in [0.2, 0.25) is 0 Å². The lowest BCUT2D eigenvalue weighted by atomic mass is 10.2. The van der Waals surface area contributed by atoms with Crippen molar-refractivity contribution in [2.75, 3.05) is 11.9 Å². The molecule has 0 fully saturated rings. The van der Waals surface area contributed by atoms with Gasteiger partial charge in [0.1, 0.15) is 23.9 Å². The third kappa shape index (κ3) is 2.14. The molecular formula is C12H13N5O2. The predicted octanol–water partition coefficient (Wildman–Crippen LogP) is -0.168. The van der Waals surface area contributed by atoms with Gasteiger partial charge in [-0.1, -0.05) is 0 Å². The summed E-state index contributed by atoms with van der Waals surface area (Å²) in [6, 6.07) is 3.28. The summed E-state index contributed by atoms with van der Waals surface area (Å²) in [6.07, 6.45) is 3.66. The van der Waals surface area contributed by atoms with Crippen molar-refractivity contribution in [2.45, 2.75) is 19.1 Å². The van der Waals surface area contributed by atoms with E-state index in [2.05, 4.69) is 20.6 Å². The van der Waals surface area contributed by atoms with E-state index in [-0.39, 0.29) is 17.6 Å². The van der Waals surface area contributed by atoms with Crippen molar-refractivity contribution in [2.24, 2.45) is 9.98 Å². The van der Waals surface area contributed by atoms with Crippen LogP contribution in [0.5, 0.6) is 0 Å². The van der Waals surface area contributed by atoms with Crippen LogP contribution in [0.25, 0.3) is 0 Å². The Bertz CT molecular complexity index is 631. The van der Waals surface area contributed by atoms with Crippen molar-refractivity contribution in [3.63, 3.8) is 0 Å². The minimum Gasteiger partial charge on any atom is -0.359 e. The maximum absolute atomic E-state index is 12.3. The van der Waals surface area contributed by atoms with Crippen molar-refractivity contribution >= 4 is 24.1 Å². The molecule has 7 heteroatoms. The Morgan fingerprint density at radius 3 is 3.05 bits per heavy atom. The highest BCUT2D eigenvalue weighted by molar-refractivity contribution is 5.93. The van der Waals surface area contributed by atoms with Crippen molar-refractivity contribution in [3.05, 3.63) is 28.2 Å². The number of fused-ring (bicyclic) bond motifs is 1. The normalized spacial score (nSPS) is 20.8. The quantitative estimate of drug-likeness (QED) is 0.773. The molecule has 2 aliphatic rings. The number of carbonyl (C=O) groups excluding carboxylic acids is 1. The molecule has 0 aromatic carbocycles. The average Bonchev–Trinajstić information content (AvgIpc) is 2.44. The van der Waals surface area contributed by atoms with Gasteiger partial charge in [-0.3, -0.25) is 9.59 Å². The van der Waals surface area contributed by atoms with E-state index < -0.39 is 0 Å². The Hall–Kier alpha value is -2.44. The van der Waals surface area contributed by atoms with Gasteiger partial charge in [-0.2, -0.15) is 0 Å². The van der Waals surface area contributed by atoms with Crippen LogP contribution in [0, 0.1) is 0 Å². The first-order valence-electron chi connectivity index (χ1n) is 6.07. The highest BCUT2D eigenvalue weighted by Crippen LogP contribution is 2.10. The van der Waals surface area contributed by atoms with E-state index in [0.29, 0.717) is 30.9 Å². The van der Waals surface area contributed by atoms with Crippen LogP contribution in [0.1, 0.15) is 16.9 Å². The molecule has 1 aromatic heterocycles. The Labute approximate surface area is 109 Å². The first-order valence-corrected chi connectivity index (χ1v) is 6.07. The molecule has 1 atom stereocenters. The molecule has 98 valence electrons. The first-order chi connectivity index (χ1) is 9.25. The van der Waals surface area contributed by atoms with E-state index >= 15 is 0 Å². The summed E-state index contributed by atoms with van der Waals surface area (Å²) in [4.78, 5) is 31.9. The van der Waals surface area contributed by atoms with E-state index in [1.54, 1.807) is 18.3 Å². The van der Waals surface area contributed by atoms with E-state index in [4.69, 9.17) is 0 Å². The number of aliphatic imine (C=N–C) groups is 2. The first kappa shape index (κ1) is 11.6. The molecule has 0 radical (unpaired) electrons. The average molecular weight is 259 g/mol. The van der Waals surface area contributed by atoms with Gasteiger partial charge in [0, 0.05) is 25.7 Å². The summed E-state index contributed by atoms with van der Waals surface area (Å²) in [5, 5.41) is 5.77. The SMILES string of the molecule is O=C1NCCn2c1ccc(NC1CC=NC=N1)c2=O. The number of pyridine rings is 1. The Morgan fingerprint density at radius 1 is 1.37 bits per heavy atom. The van der Waals surface area contributed by atoms with Gasteiger partial charge in [-0.15, -0.1) is 0 Å². The number of nitrogens with one attached hydrogen (secondary N) is 2. The number of aromatic nitrogens is 1. The summed E-state index contributed by atoms with van der Waals surface area (Å²) in [5.74, 6) is -0.210. The lowest BCUT2D eigenvalue weighted by molar-refractivity contribution is 0.0925. The second-order valence-corrected chi connectivity index (χ2v) is 4.34. The van der Waals surface area contributed by atoms with Crippen molar-refractivity contribution in [1.29, 1.82) is 0 Å². The highest BCUT2D eigenvalue weighted by Gasteiger charge is 2.19. The zero-order chi connectivity index (χ0) is 13.2. The topological polar surface area (TPSA) is 87.8 Å². The summed E-state index contributed by atoms with van der Waals surface area (Å²) < 4.78 is 1.49. The lowest BCUT2D eigenvalue weighted by Gasteiger charge is -2.21. The van der Waals surface area contributed by atoms with Crippen LogP contribution in [0.2, 0.25) is 0 Å². The molecule has 3 rings (SSSR count). The van der Waals surface area contributed by atoms with E-state index in [0.717, 1.165) is 0 Å². The van der Waals surface area contributed by atoms with Crippen LogP contribution in [0.4, 0.5) is 5.69 Å². The van der Waals surface area contributed by atoms with Crippen LogP contribution in [-0.4, -0.2) is 35.7 Å². The molecule has 1 unspecified atom stereocenters. The molecule has 7 nitrogen and oxygen atoms in total. The van der Waals surface area contributed by atoms with Crippen LogP contribution in [0.3, 0.4) is 0 Å². The maximum Gasteiger partial charge on any atom is 0.274 e. The fourth-order valence-electron chi connectivity index (χ4n) is 2.14. The number of anilines is 1. The van der Waals surface area contributed by atoms with Gasteiger partial charge >= 0.3 is 0 Å². The van der Waals surface area contributed by atoms with Crippen LogP contribution >= 0.6 is 0 Å². The molecular weight excluding hydrogens is 246 g/mol. The molecule has 0 bridgehead atoms. The molecule has 0 saturated carbocycles. The van der Waals surface area contributed by atoms with Crippen LogP contribution in [-0.2, 0) is 6.54 Å². The summed E-state index contributed by atoms with van der Waals surface area (Å²) in [6.45, 7) is 0.967. The number of hydrogen-bond donors (Lipinski definition) is 2. The van der Waals surface area contributed by atoms with Gasteiger partial charge in [0.25, 0.3) is 11.5 Å². The molecule has 0 spiro atoms. The van der Waals surface area contributed by atoms with Gasteiger partial charge in [-0.25, -0.2) is 9.98 Å². The number of nitrogens with zero attached hydrogens (tertiary/aromatic N) is 3. The number of amides is 1. The lowest BCUT2D eigenvalue weighted by Crippen LogP contribution is -2.42. The Balaban J connectivity index is 1.91. The second-order valence-electron chi connectivity index (χ2n) is 4.34. The van der Waals surface area contributed by atoms with Crippen LogP contribution < -0.4 is 16.2 Å². The van der Waals surface area contributed by atoms with Gasteiger partial charge in [0.15, 0.2) is 0 Å². The van der Waals surface area contributed by atoms with Crippen molar-refractivity contribution in [3.8, 4) is 0 Å². The Morgan fingerprint density at radius 2 is 2.26 bits per heavy atom. The van der Waals surface area contributed by atoms with E-state index in [1.165, 1.54) is 10.9 Å². The molecule has 19 heavy (non-hydrogen) atoms. The van der Waals surface area contributed by atoms with E-state index in [9.17, 15) is 9.59 Å². The predicted molar refractivity (Wildman–Crippen MR) is 72.0 cm³/mol. The highest BCUT2D eigenvalue weighted by atomic mass is 16.2. The third-order valence-corrected chi connectivity index (χ3v) is 3.10. The van der Waals surface area contributed by atoms with Crippen LogP contribution in [0.15, 0.2) is 26.9 Å². The standard InChI is InChI=1S/C12H13N5O2/c18-11-9-2-1-8(12(19)17(9)6-5-14-11)16-10-3-4-13-7-15-10/h1-2,4,7,10,16H,3,5-6H2,(H,14,18). The molecule has 1 amide bonds. The zero-order valence-corrected chi connectivity index (χ0v) is 10.2. The molecule has 1 aromatic rings. The minimum absolute atomic E-state index is 0.179. The fourth-order valence-corrected chi connectivity index (χ4v) is 2.14. The van der Waals surface area contributed by atoms with Gasteiger partial charge in [-0.05, 0) is 12.1 Å². The van der Waals surface area contributed by atoms with Gasteiger partial charge in [0.05, 0.1) is 0 Å². The summed E-state index contributed by atoms with van der Waals surface area (Å²) in [7, 11) is 0.